The van der Waals surface area contributed by atoms with Crippen molar-refractivity contribution < 1.29 is 28.3 Å². The number of nitrogen functional groups attached to an aromatic ring is 1. The number of imidazole rings is 1. The summed E-state index contributed by atoms with van der Waals surface area (Å²) in [5, 5.41) is 10.5. The van der Waals surface area contributed by atoms with Gasteiger partial charge < -0.3 is 20.5 Å². The summed E-state index contributed by atoms with van der Waals surface area (Å²) in [5.41, 5.74) is 6.45. The number of aliphatic hydroxyl groups excluding tert-OH is 1. The van der Waals surface area contributed by atoms with Gasteiger partial charge in [-0.25, -0.2) is 19.5 Å². The van der Waals surface area contributed by atoms with E-state index in [0.29, 0.717) is 15.9 Å². The van der Waals surface area contributed by atoms with Gasteiger partial charge in [-0.2, -0.15) is 0 Å². The number of phosphoric ester groups is 1. The van der Waals surface area contributed by atoms with Gasteiger partial charge in [0.25, 0.3) is 0 Å². The Hall–Kier alpha value is -1.14. The molecular formula is C10H11BrN5O6P. The third kappa shape index (κ3) is 2.38. The summed E-state index contributed by atoms with van der Waals surface area (Å²) >= 11 is 3.26. The minimum atomic E-state index is -4.19. The topological polar surface area (TPSA) is 155 Å². The molecule has 2 fully saturated rings. The molecule has 4 heterocycles. The summed E-state index contributed by atoms with van der Waals surface area (Å²) < 4.78 is 28.6. The highest BCUT2D eigenvalue weighted by Crippen LogP contribution is 2.52. The second kappa shape index (κ2) is 5.18. The first kappa shape index (κ1) is 15.4. The number of nitrogens with two attached hydrogens (primary N) is 1. The van der Waals surface area contributed by atoms with Crippen LogP contribution in [0.3, 0.4) is 0 Å². The molecule has 4 N–H and O–H groups in total. The van der Waals surface area contributed by atoms with E-state index in [1.807, 2.05) is 0 Å². The zero-order chi connectivity index (χ0) is 16.4. The van der Waals surface area contributed by atoms with Gasteiger partial charge in [0.1, 0.15) is 24.6 Å². The highest BCUT2D eigenvalue weighted by atomic mass is 79.9. The molecule has 23 heavy (non-hydrogen) atoms. The minimum Gasteiger partial charge on any atom is -0.386 e. The number of ether oxygens (including phenoxy) is 1. The fourth-order valence-corrected chi connectivity index (χ4v) is 4.19. The van der Waals surface area contributed by atoms with Crippen LogP contribution in [0.4, 0.5) is 5.82 Å². The molecule has 2 aromatic heterocycles. The standard InChI is InChI=1S/C10H11BrN5O6P/c11-10-15-4-7(12)13-2-14-8(4)16(10)9-5(17)6-3(21-9)1-20-23(18,19)22-6/h2-3,5-6,9,17H,1H2,(H,18,19)(H2,12,13,14)/t3-,5+,6?,9-/m1/s1. The van der Waals surface area contributed by atoms with Gasteiger partial charge in [0.2, 0.25) is 0 Å². The van der Waals surface area contributed by atoms with Crippen LogP contribution in [0.1, 0.15) is 6.23 Å². The average Bonchev–Trinajstić information content (AvgIpc) is 2.97. The van der Waals surface area contributed by atoms with E-state index in [4.69, 9.17) is 19.5 Å². The number of aliphatic hydroxyl groups is 1. The Labute approximate surface area is 137 Å². The number of hydrogen-bond donors (Lipinski definition) is 3. The van der Waals surface area contributed by atoms with Gasteiger partial charge in [0.05, 0.1) is 6.61 Å². The molecule has 2 aromatic rings. The summed E-state index contributed by atoms with van der Waals surface area (Å²) in [7, 11) is -4.19. The highest BCUT2D eigenvalue weighted by Gasteiger charge is 2.53. The van der Waals surface area contributed by atoms with Crippen LogP contribution in [0, 0.1) is 0 Å². The molecule has 2 aliphatic heterocycles. The Morgan fingerprint density at radius 1 is 1.48 bits per heavy atom. The van der Waals surface area contributed by atoms with Crippen LogP contribution in [-0.2, 0) is 18.3 Å². The van der Waals surface area contributed by atoms with E-state index >= 15 is 0 Å². The Morgan fingerprint density at radius 2 is 2.26 bits per heavy atom. The maximum absolute atomic E-state index is 11.5. The van der Waals surface area contributed by atoms with Gasteiger partial charge in [-0.05, 0) is 15.9 Å². The SMILES string of the molecule is Nc1ncnc2c1nc(Br)n2[C@@H]1O[C@@H]2COP(=O)(O)OC2[C@@H]1O. The first-order valence-corrected chi connectivity index (χ1v) is 8.79. The molecule has 124 valence electrons. The second-order valence-electron chi connectivity index (χ2n) is 5.07. The maximum atomic E-state index is 11.5. The average molecular weight is 408 g/mol. The number of anilines is 1. The number of phosphoric acid groups is 1. The van der Waals surface area contributed by atoms with Crippen LogP contribution in [0.5, 0.6) is 0 Å². The molecular weight excluding hydrogens is 397 g/mol. The van der Waals surface area contributed by atoms with E-state index in [9.17, 15) is 14.6 Å². The molecule has 11 nitrogen and oxygen atoms in total. The molecule has 2 saturated heterocycles. The van der Waals surface area contributed by atoms with Crippen LogP contribution in [0.15, 0.2) is 11.1 Å². The van der Waals surface area contributed by atoms with Crippen molar-refractivity contribution in [3.8, 4) is 0 Å². The fraction of sp³-hybridized carbons (Fsp3) is 0.500. The summed E-state index contributed by atoms with van der Waals surface area (Å²) in [6, 6.07) is 0. The quantitative estimate of drug-likeness (QED) is 0.432. The molecule has 2 aliphatic rings. The molecule has 0 aromatic carbocycles. The van der Waals surface area contributed by atoms with Crippen molar-refractivity contribution in [2.24, 2.45) is 0 Å². The normalized spacial score (nSPS) is 37.2. The van der Waals surface area contributed by atoms with Crippen LogP contribution in [-0.4, -0.2) is 54.4 Å². The van der Waals surface area contributed by atoms with Crippen molar-refractivity contribution in [2.75, 3.05) is 12.3 Å². The van der Waals surface area contributed by atoms with Crippen LogP contribution in [0.25, 0.3) is 11.2 Å². The predicted octanol–water partition coefficient (Wildman–Crippen LogP) is -0.0549. The van der Waals surface area contributed by atoms with E-state index in [-0.39, 0.29) is 12.4 Å². The Kier molecular flexibility index (Phi) is 3.47. The molecule has 5 atom stereocenters. The fourth-order valence-electron chi connectivity index (χ4n) is 2.67. The van der Waals surface area contributed by atoms with Gasteiger partial charge in [0, 0.05) is 0 Å². The van der Waals surface area contributed by atoms with E-state index in [1.54, 1.807) is 0 Å². The number of rotatable bonds is 1. The molecule has 0 saturated carbocycles. The summed E-state index contributed by atoms with van der Waals surface area (Å²) in [4.78, 5) is 21.5. The lowest BCUT2D eigenvalue weighted by Gasteiger charge is -2.27. The molecule has 0 spiro atoms. The molecule has 13 heteroatoms. The van der Waals surface area contributed by atoms with Crippen molar-refractivity contribution >= 4 is 40.7 Å². The van der Waals surface area contributed by atoms with Crippen molar-refractivity contribution in [1.29, 1.82) is 0 Å². The van der Waals surface area contributed by atoms with Gasteiger partial charge in [-0.1, -0.05) is 0 Å². The van der Waals surface area contributed by atoms with Gasteiger partial charge >= 0.3 is 7.82 Å². The third-order valence-electron chi connectivity index (χ3n) is 3.68. The van der Waals surface area contributed by atoms with E-state index in [2.05, 4.69) is 30.9 Å². The number of aromatic nitrogens is 4. The molecule has 0 aliphatic carbocycles. The highest BCUT2D eigenvalue weighted by molar-refractivity contribution is 9.10. The van der Waals surface area contributed by atoms with Crippen molar-refractivity contribution in [2.45, 2.75) is 24.5 Å². The van der Waals surface area contributed by atoms with E-state index < -0.39 is 32.4 Å². The zero-order valence-electron chi connectivity index (χ0n) is 11.3. The van der Waals surface area contributed by atoms with Crippen molar-refractivity contribution in [3.63, 3.8) is 0 Å². The largest absolute Gasteiger partial charge is 0.472 e. The number of nitrogens with zero attached hydrogens (tertiary/aromatic N) is 4. The van der Waals surface area contributed by atoms with Gasteiger partial charge in [-0.3, -0.25) is 13.6 Å². The Morgan fingerprint density at radius 3 is 3.04 bits per heavy atom. The van der Waals surface area contributed by atoms with Crippen LogP contribution in [0.2, 0.25) is 0 Å². The molecule has 0 bridgehead atoms. The van der Waals surface area contributed by atoms with E-state index in [1.165, 1.54) is 10.9 Å². The Balaban J connectivity index is 1.76. The van der Waals surface area contributed by atoms with Crippen molar-refractivity contribution in [1.82, 2.24) is 19.5 Å². The molecule has 0 amide bonds. The smallest absolute Gasteiger partial charge is 0.386 e. The molecule has 0 radical (unpaired) electrons. The lowest BCUT2D eigenvalue weighted by molar-refractivity contribution is -0.0669. The lowest BCUT2D eigenvalue weighted by atomic mass is 10.1. The van der Waals surface area contributed by atoms with Crippen molar-refractivity contribution in [3.05, 3.63) is 11.1 Å². The lowest BCUT2D eigenvalue weighted by Crippen LogP contribution is -2.39. The van der Waals surface area contributed by atoms with Crippen LogP contribution >= 0.6 is 23.8 Å². The van der Waals surface area contributed by atoms with Crippen LogP contribution < -0.4 is 5.73 Å². The third-order valence-corrected chi connectivity index (χ3v) is 5.23. The second-order valence-corrected chi connectivity index (χ2v) is 7.19. The Bertz CT molecular complexity index is 831. The number of hydrogen-bond acceptors (Lipinski definition) is 9. The summed E-state index contributed by atoms with van der Waals surface area (Å²) in [5.74, 6) is 0.179. The molecule has 4 rings (SSSR count). The van der Waals surface area contributed by atoms with Gasteiger partial charge in [0.15, 0.2) is 27.9 Å². The van der Waals surface area contributed by atoms with Gasteiger partial charge in [-0.15, -0.1) is 0 Å². The minimum absolute atomic E-state index is 0.173. The first-order chi connectivity index (χ1) is 10.9. The monoisotopic (exact) mass is 407 g/mol. The summed E-state index contributed by atoms with van der Waals surface area (Å²) in [6.07, 6.45) is -2.62. The number of fused-ring (bicyclic) bond motifs is 2. The predicted molar refractivity (Wildman–Crippen MR) is 78.0 cm³/mol. The molecule has 2 unspecified atom stereocenters. The maximum Gasteiger partial charge on any atom is 0.472 e. The van der Waals surface area contributed by atoms with E-state index in [0.717, 1.165) is 0 Å². The number of halogens is 1. The first-order valence-electron chi connectivity index (χ1n) is 6.50. The zero-order valence-corrected chi connectivity index (χ0v) is 13.8. The summed E-state index contributed by atoms with van der Waals surface area (Å²) in [6.45, 7) is -0.173.